The molecule has 0 saturated heterocycles. The van der Waals surface area contributed by atoms with Crippen molar-refractivity contribution >= 4 is 33.3 Å². The van der Waals surface area contributed by atoms with Gasteiger partial charge in [0, 0.05) is 16.6 Å². The molecule has 0 aliphatic heterocycles. The molecule has 1 aromatic heterocycles. The van der Waals surface area contributed by atoms with E-state index in [-0.39, 0.29) is 0 Å². The molecule has 0 spiro atoms. The van der Waals surface area contributed by atoms with E-state index >= 15 is 0 Å². The van der Waals surface area contributed by atoms with Crippen LogP contribution in [0.25, 0.3) is 0 Å². The maximum Gasteiger partial charge on any atom is 0.135 e. The molecular formula is C15H19BrN4. The average Bonchev–Trinajstić information content (AvgIpc) is 2.42. The fourth-order valence-corrected chi connectivity index (χ4v) is 2.31. The first-order valence-corrected chi connectivity index (χ1v) is 7.49. The molecule has 0 saturated carbocycles. The normalized spacial score (nSPS) is 12.0. The van der Waals surface area contributed by atoms with Crippen molar-refractivity contribution in [2.24, 2.45) is 0 Å². The van der Waals surface area contributed by atoms with Crippen LogP contribution in [-0.4, -0.2) is 16.0 Å². The summed E-state index contributed by atoms with van der Waals surface area (Å²) >= 11 is 3.55. The second-order valence-corrected chi connectivity index (χ2v) is 5.70. The maximum absolute atomic E-state index is 4.25. The molecule has 0 amide bonds. The molecule has 1 aromatic carbocycles. The van der Waals surface area contributed by atoms with Crippen molar-refractivity contribution in [3.63, 3.8) is 0 Å². The van der Waals surface area contributed by atoms with Crippen molar-refractivity contribution < 1.29 is 0 Å². The highest BCUT2D eigenvalue weighted by molar-refractivity contribution is 9.10. The molecule has 2 aromatic rings. The summed E-state index contributed by atoms with van der Waals surface area (Å²) in [5.41, 5.74) is 2.20. The van der Waals surface area contributed by atoms with Crippen LogP contribution in [-0.2, 0) is 0 Å². The van der Waals surface area contributed by atoms with E-state index in [1.807, 2.05) is 12.1 Å². The number of aromatic nitrogens is 2. The van der Waals surface area contributed by atoms with Gasteiger partial charge in [-0.1, -0.05) is 13.0 Å². The molecule has 0 fully saturated rings. The fourth-order valence-electron chi connectivity index (χ4n) is 1.72. The van der Waals surface area contributed by atoms with Crippen LogP contribution in [0, 0.1) is 6.92 Å². The number of hydrogen-bond donors (Lipinski definition) is 2. The molecule has 2 N–H and O–H groups in total. The zero-order valence-corrected chi connectivity index (χ0v) is 13.5. The Morgan fingerprint density at radius 3 is 2.65 bits per heavy atom. The van der Waals surface area contributed by atoms with Gasteiger partial charge < -0.3 is 10.6 Å². The smallest absolute Gasteiger partial charge is 0.135 e. The lowest BCUT2D eigenvalue weighted by atomic mass is 10.2. The average molecular weight is 335 g/mol. The molecule has 5 heteroatoms. The van der Waals surface area contributed by atoms with Gasteiger partial charge in [-0.2, -0.15) is 0 Å². The first kappa shape index (κ1) is 14.8. The predicted molar refractivity (Wildman–Crippen MR) is 87.6 cm³/mol. The van der Waals surface area contributed by atoms with E-state index < -0.39 is 0 Å². The summed E-state index contributed by atoms with van der Waals surface area (Å²) in [5.74, 6) is 1.61. The lowest BCUT2D eigenvalue weighted by Gasteiger charge is -2.13. The van der Waals surface area contributed by atoms with Crippen LogP contribution in [0.15, 0.2) is 35.1 Å². The summed E-state index contributed by atoms with van der Waals surface area (Å²) in [6, 6.07) is 8.47. The van der Waals surface area contributed by atoms with Gasteiger partial charge in [0.1, 0.15) is 18.0 Å². The van der Waals surface area contributed by atoms with Crippen molar-refractivity contribution in [2.45, 2.75) is 33.2 Å². The number of nitrogens with zero attached hydrogens (tertiary/aromatic N) is 2. The molecule has 106 valence electrons. The Kier molecular flexibility index (Phi) is 4.95. The lowest BCUT2D eigenvalue weighted by molar-refractivity contribution is 0.758. The van der Waals surface area contributed by atoms with Gasteiger partial charge in [-0.3, -0.25) is 0 Å². The van der Waals surface area contributed by atoms with E-state index in [9.17, 15) is 0 Å². The molecule has 0 radical (unpaired) electrons. The van der Waals surface area contributed by atoms with E-state index in [2.05, 4.69) is 69.4 Å². The number of rotatable bonds is 5. The Bertz CT molecular complexity index is 586. The zero-order valence-electron chi connectivity index (χ0n) is 11.9. The number of nitrogens with one attached hydrogen (secondary N) is 2. The molecule has 20 heavy (non-hydrogen) atoms. The molecule has 4 nitrogen and oxygen atoms in total. The van der Waals surface area contributed by atoms with Crippen molar-refractivity contribution in [1.29, 1.82) is 0 Å². The van der Waals surface area contributed by atoms with E-state index in [0.717, 1.165) is 28.2 Å². The van der Waals surface area contributed by atoms with Crippen LogP contribution in [0.4, 0.5) is 17.3 Å². The van der Waals surface area contributed by atoms with Crippen LogP contribution < -0.4 is 10.6 Å². The lowest BCUT2D eigenvalue weighted by Crippen LogP contribution is -2.14. The van der Waals surface area contributed by atoms with Gasteiger partial charge in [0.2, 0.25) is 0 Å². The summed E-state index contributed by atoms with van der Waals surface area (Å²) in [6.45, 7) is 6.33. The first-order chi connectivity index (χ1) is 9.58. The van der Waals surface area contributed by atoms with Crippen LogP contribution in [0.2, 0.25) is 0 Å². The predicted octanol–water partition coefficient (Wildman–Crippen LogP) is 4.50. The Balaban J connectivity index is 2.15. The van der Waals surface area contributed by atoms with E-state index in [4.69, 9.17) is 0 Å². The number of benzene rings is 1. The number of anilines is 3. The number of halogens is 1. The highest BCUT2D eigenvalue weighted by atomic mass is 79.9. The van der Waals surface area contributed by atoms with Crippen LogP contribution in [0.5, 0.6) is 0 Å². The second kappa shape index (κ2) is 6.70. The first-order valence-electron chi connectivity index (χ1n) is 6.70. The summed E-state index contributed by atoms with van der Waals surface area (Å²) in [7, 11) is 0. The molecule has 2 rings (SSSR count). The zero-order chi connectivity index (χ0) is 14.5. The Morgan fingerprint density at radius 1 is 1.20 bits per heavy atom. The summed E-state index contributed by atoms with van der Waals surface area (Å²) in [4.78, 5) is 8.48. The largest absolute Gasteiger partial charge is 0.367 e. The number of hydrogen-bond acceptors (Lipinski definition) is 4. The minimum atomic E-state index is 0.392. The molecule has 1 unspecified atom stereocenters. The van der Waals surface area contributed by atoms with Gasteiger partial charge >= 0.3 is 0 Å². The quantitative estimate of drug-likeness (QED) is 0.845. The van der Waals surface area contributed by atoms with Crippen LogP contribution in [0.3, 0.4) is 0 Å². The minimum Gasteiger partial charge on any atom is -0.367 e. The molecular weight excluding hydrogens is 316 g/mol. The molecule has 0 aliphatic rings. The Morgan fingerprint density at radius 2 is 1.95 bits per heavy atom. The number of aryl methyl sites for hydroxylation is 1. The topological polar surface area (TPSA) is 49.8 Å². The monoisotopic (exact) mass is 334 g/mol. The van der Waals surface area contributed by atoms with Gasteiger partial charge in [-0.05, 0) is 53.9 Å². The third-order valence-electron chi connectivity index (χ3n) is 3.06. The van der Waals surface area contributed by atoms with Gasteiger partial charge in [0.25, 0.3) is 0 Å². The third kappa shape index (κ3) is 3.93. The highest BCUT2D eigenvalue weighted by Crippen LogP contribution is 2.26. The highest BCUT2D eigenvalue weighted by Gasteiger charge is 2.04. The van der Waals surface area contributed by atoms with Crippen molar-refractivity contribution in [3.05, 3.63) is 40.6 Å². The maximum atomic E-state index is 4.25. The molecule has 1 atom stereocenters. The SMILES string of the molecule is CCC(C)Nc1cc(Nc2ccc(C)cc2Br)ncn1. The molecule has 0 aliphatic carbocycles. The Hall–Kier alpha value is -1.62. The van der Waals surface area contributed by atoms with E-state index in [1.165, 1.54) is 5.56 Å². The van der Waals surface area contributed by atoms with Gasteiger partial charge in [0.15, 0.2) is 0 Å². The Labute approximate surface area is 128 Å². The van der Waals surface area contributed by atoms with Gasteiger partial charge in [-0.15, -0.1) is 0 Å². The molecule has 0 bridgehead atoms. The summed E-state index contributed by atoms with van der Waals surface area (Å²) < 4.78 is 1.02. The van der Waals surface area contributed by atoms with E-state index in [0.29, 0.717) is 6.04 Å². The second-order valence-electron chi connectivity index (χ2n) is 4.85. The standard InChI is InChI=1S/C15H19BrN4/c1-4-11(3)19-14-8-15(18-9-17-14)20-13-6-5-10(2)7-12(13)16/h5-9,11H,4H2,1-3H3,(H2,17,18,19,20). The van der Waals surface area contributed by atoms with Crippen LogP contribution >= 0.6 is 15.9 Å². The van der Waals surface area contributed by atoms with Gasteiger partial charge in [-0.25, -0.2) is 9.97 Å². The summed E-state index contributed by atoms with van der Waals surface area (Å²) in [5, 5.41) is 6.63. The molecule has 1 heterocycles. The summed E-state index contributed by atoms with van der Waals surface area (Å²) in [6.07, 6.45) is 2.62. The van der Waals surface area contributed by atoms with Crippen LogP contribution in [0.1, 0.15) is 25.8 Å². The fraction of sp³-hybridized carbons (Fsp3) is 0.333. The van der Waals surface area contributed by atoms with E-state index in [1.54, 1.807) is 6.33 Å². The van der Waals surface area contributed by atoms with Gasteiger partial charge in [0.05, 0.1) is 5.69 Å². The van der Waals surface area contributed by atoms with Crippen molar-refractivity contribution in [2.75, 3.05) is 10.6 Å². The van der Waals surface area contributed by atoms with Crippen molar-refractivity contribution in [3.8, 4) is 0 Å². The minimum absolute atomic E-state index is 0.392. The van der Waals surface area contributed by atoms with Crippen molar-refractivity contribution in [1.82, 2.24) is 9.97 Å². The third-order valence-corrected chi connectivity index (χ3v) is 3.72.